The Morgan fingerprint density at radius 3 is 2.36 bits per heavy atom. The molecule has 0 saturated heterocycles. The Kier molecular flexibility index (Phi) is 7.99. The van der Waals surface area contributed by atoms with Crippen LogP contribution in [0.2, 0.25) is 0 Å². The van der Waals surface area contributed by atoms with E-state index in [2.05, 4.69) is 5.16 Å². The second-order valence-corrected chi connectivity index (χ2v) is 9.41. The standard InChI is InChI=1S/C25H32B2F3NO2/c1-3-17-13-19(9-10-20(17)15-32)16(2)31-33-24(26,27)21-11-12-22(18-7-5-4-6-8-18)23(14-21)25(28,29)30/h9-14,18,32H,3-8,15,26-27H2,1-2H3/b31-16+. The van der Waals surface area contributed by atoms with Crippen LogP contribution in [0.1, 0.15) is 85.3 Å². The molecule has 2 aromatic carbocycles. The molecule has 1 aliphatic rings. The summed E-state index contributed by atoms with van der Waals surface area (Å²) in [4.78, 5) is 5.79. The molecule has 0 aromatic heterocycles. The van der Waals surface area contributed by atoms with Crippen molar-refractivity contribution >= 4 is 21.4 Å². The number of aliphatic hydroxyl groups is 1. The molecule has 0 aliphatic heterocycles. The molecule has 0 heterocycles. The van der Waals surface area contributed by atoms with Gasteiger partial charge in [-0.05, 0) is 72.1 Å². The lowest BCUT2D eigenvalue weighted by Gasteiger charge is -2.29. The van der Waals surface area contributed by atoms with Crippen LogP contribution in [0.3, 0.4) is 0 Å². The number of benzene rings is 2. The van der Waals surface area contributed by atoms with Gasteiger partial charge in [-0.25, -0.2) is 0 Å². The van der Waals surface area contributed by atoms with Gasteiger partial charge in [0, 0.05) is 0 Å². The van der Waals surface area contributed by atoms with Crippen LogP contribution >= 0.6 is 0 Å². The van der Waals surface area contributed by atoms with E-state index in [1.807, 2.05) is 25.1 Å². The van der Waals surface area contributed by atoms with Gasteiger partial charge in [-0.2, -0.15) is 13.2 Å². The first-order chi connectivity index (χ1) is 15.6. The van der Waals surface area contributed by atoms with Crippen LogP contribution in [0.4, 0.5) is 13.2 Å². The summed E-state index contributed by atoms with van der Waals surface area (Å²) in [6.07, 6.45) is 1.02. The second-order valence-electron chi connectivity index (χ2n) is 9.41. The van der Waals surface area contributed by atoms with Crippen molar-refractivity contribution in [3.05, 3.63) is 69.8 Å². The second kappa shape index (κ2) is 10.4. The number of nitrogens with zero attached hydrogens (tertiary/aromatic N) is 1. The third-order valence-electron chi connectivity index (χ3n) is 6.68. The normalized spacial score (nSPS) is 16.1. The number of oxime groups is 1. The van der Waals surface area contributed by atoms with E-state index in [0.717, 1.165) is 55.2 Å². The molecular formula is C25H32B2F3NO2. The van der Waals surface area contributed by atoms with Crippen LogP contribution in [-0.2, 0) is 29.4 Å². The number of hydrogen-bond donors (Lipinski definition) is 1. The highest BCUT2D eigenvalue weighted by molar-refractivity contribution is 6.38. The van der Waals surface area contributed by atoms with Crippen LogP contribution in [0, 0.1) is 0 Å². The zero-order valence-electron chi connectivity index (χ0n) is 19.9. The Labute approximate surface area is 196 Å². The molecular weight excluding hydrogens is 425 g/mol. The van der Waals surface area contributed by atoms with E-state index in [4.69, 9.17) is 4.84 Å². The van der Waals surface area contributed by atoms with Gasteiger partial charge in [0.25, 0.3) is 0 Å². The number of alkyl halides is 3. The van der Waals surface area contributed by atoms with Crippen molar-refractivity contribution in [2.45, 2.75) is 76.5 Å². The quantitative estimate of drug-likeness (QED) is 0.375. The highest BCUT2D eigenvalue weighted by atomic mass is 19.4. The van der Waals surface area contributed by atoms with Crippen molar-refractivity contribution in [1.82, 2.24) is 0 Å². The van der Waals surface area contributed by atoms with Crippen molar-refractivity contribution in [2.24, 2.45) is 5.16 Å². The third kappa shape index (κ3) is 6.03. The van der Waals surface area contributed by atoms with Gasteiger partial charge in [0.05, 0.1) is 23.3 Å². The maximum Gasteiger partial charge on any atom is 0.416 e. The minimum atomic E-state index is -4.41. The molecule has 0 amide bonds. The van der Waals surface area contributed by atoms with Gasteiger partial charge in [-0.1, -0.05) is 55.6 Å². The van der Waals surface area contributed by atoms with Gasteiger partial charge in [0.1, 0.15) is 0 Å². The zero-order valence-corrected chi connectivity index (χ0v) is 19.9. The van der Waals surface area contributed by atoms with E-state index < -0.39 is 17.1 Å². The first-order valence-electron chi connectivity index (χ1n) is 11.7. The summed E-state index contributed by atoms with van der Waals surface area (Å²) in [6.45, 7) is 3.79. The number of aryl methyl sites for hydroxylation is 1. The van der Waals surface area contributed by atoms with E-state index in [-0.39, 0.29) is 12.5 Å². The van der Waals surface area contributed by atoms with Gasteiger partial charge in [0.2, 0.25) is 0 Å². The molecule has 3 rings (SSSR count). The average molecular weight is 457 g/mol. The highest BCUT2D eigenvalue weighted by Crippen LogP contribution is 2.42. The smallest absolute Gasteiger partial charge is 0.404 e. The third-order valence-corrected chi connectivity index (χ3v) is 6.68. The van der Waals surface area contributed by atoms with Crippen LogP contribution in [0.25, 0.3) is 0 Å². The van der Waals surface area contributed by atoms with Crippen LogP contribution in [0.5, 0.6) is 0 Å². The first-order valence-corrected chi connectivity index (χ1v) is 11.7. The Bertz CT molecular complexity index is 1000. The summed E-state index contributed by atoms with van der Waals surface area (Å²) in [5.41, 5.74) is 3.65. The van der Waals surface area contributed by atoms with Gasteiger partial charge in [0.15, 0.2) is 15.7 Å². The number of aliphatic hydroxyl groups excluding tert-OH is 1. The maximum atomic E-state index is 14.0. The topological polar surface area (TPSA) is 41.8 Å². The number of hydrogen-bond acceptors (Lipinski definition) is 3. The van der Waals surface area contributed by atoms with Gasteiger partial charge in [-0.15, -0.1) is 0 Å². The van der Waals surface area contributed by atoms with Gasteiger partial charge in [-0.3, -0.25) is 0 Å². The molecule has 1 saturated carbocycles. The fourth-order valence-corrected chi connectivity index (χ4v) is 4.57. The summed E-state index contributed by atoms with van der Waals surface area (Å²) in [6, 6.07) is 10.3. The molecule has 1 fully saturated rings. The molecule has 0 unspecified atom stereocenters. The molecule has 176 valence electrons. The van der Waals surface area contributed by atoms with Crippen molar-refractivity contribution in [1.29, 1.82) is 0 Å². The molecule has 0 spiro atoms. The predicted molar refractivity (Wildman–Crippen MR) is 131 cm³/mol. The Hall–Kier alpha value is -2.21. The summed E-state index contributed by atoms with van der Waals surface area (Å²) >= 11 is 0. The maximum absolute atomic E-state index is 14.0. The van der Waals surface area contributed by atoms with E-state index in [1.54, 1.807) is 34.7 Å². The minimum Gasteiger partial charge on any atom is -0.404 e. The average Bonchev–Trinajstić information content (AvgIpc) is 2.81. The lowest BCUT2D eigenvalue weighted by Crippen LogP contribution is -2.30. The molecule has 2 aromatic rings. The monoisotopic (exact) mass is 457 g/mol. The SMILES string of the molecule is BC(B)(O/N=C(\C)c1ccc(CO)c(CC)c1)c1ccc(C2CCCCC2)c(C(F)(F)F)c1. The molecule has 8 heteroatoms. The van der Waals surface area contributed by atoms with Gasteiger partial charge >= 0.3 is 6.18 Å². The largest absolute Gasteiger partial charge is 0.416 e. The fourth-order valence-electron chi connectivity index (χ4n) is 4.57. The Morgan fingerprint density at radius 1 is 1.06 bits per heavy atom. The van der Waals surface area contributed by atoms with E-state index in [9.17, 15) is 18.3 Å². The highest BCUT2D eigenvalue weighted by Gasteiger charge is 2.37. The molecule has 1 aliphatic carbocycles. The van der Waals surface area contributed by atoms with Crippen molar-refractivity contribution in [3.8, 4) is 0 Å². The van der Waals surface area contributed by atoms with Crippen molar-refractivity contribution in [2.75, 3.05) is 0 Å². The van der Waals surface area contributed by atoms with Crippen LogP contribution in [-0.4, -0.2) is 26.5 Å². The fraction of sp³-hybridized carbons (Fsp3) is 0.480. The lowest BCUT2D eigenvalue weighted by molar-refractivity contribution is -0.138. The summed E-state index contributed by atoms with van der Waals surface area (Å²) in [5, 5.41) is 12.7. The zero-order chi connectivity index (χ0) is 24.2. The molecule has 1 N–H and O–H groups in total. The summed E-state index contributed by atoms with van der Waals surface area (Å²) < 4.78 is 41.9. The lowest BCUT2D eigenvalue weighted by atomic mass is 9.61. The van der Waals surface area contributed by atoms with Gasteiger partial charge < -0.3 is 9.94 Å². The van der Waals surface area contributed by atoms with Crippen LogP contribution in [0.15, 0.2) is 41.6 Å². The van der Waals surface area contributed by atoms with E-state index >= 15 is 0 Å². The van der Waals surface area contributed by atoms with Crippen LogP contribution < -0.4 is 0 Å². The Morgan fingerprint density at radius 2 is 1.76 bits per heavy atom. The summed E-state index contributed by atoms with van der Waals surface area (Å²) in [7, 11) is 3.46. The van der Waals surface area contributed by atoms with E-state index in [1.165, 1.54) is 6.07 Å². The molecule has 33 heavy (non-hydrogen) atoms. The Balaban J connectivity index is 1.87. The first kappa shape index (κ1) is 25.4. The predicted octanol–water partition coefficient (Wildman–Crippen LogP) is 4.63. The number of rotatable bonds is 7. The van der Waals surface area contributed by atoms with Crippen molar-refractivity contribution in [3.63, 3.8) is 0 Å². The molecule has 0 radical (unpaired) electrons. The molecule has 0 bridgehead atoms. The molecule has 3 nitrogen and oxygen atoms in total. The minimum absolute atomic E-state index is 0.0262. The number of halogens is 3. The molecule has 0 atom stereocenters. The van der Waals surface area contributed by atoms with E-state index in [0.29, 0.717) is 16.8 Å². The van der Waals surface area contributed by atoms with Crippen molar-refractivity contribution < 1.29 is 23.1 Å². The summed E-state index contributed by atoms with van der Waals surface area (Å²) in [5.74, 6) is -0.0385.